The fourth-order valence-electron chi connectivity index (χ4n) is 12.3. The Morgan fingerprint density at radius 2 is 0.915 bits per heavy atom. The smallest absolute Gasteiger partial charge is 0.245 e. The van der Waals surface area contributed by atoms with Gasteiger partial charge in [0.25, 0.3) is 0 Å². The minimum atomic E-state index is -0.998. The molecule has 6 amide bonds. The van der Waals surface area contributed by atoms with Gasteiger partial charge in [0.15, 0.2) is 11.6 Å². The molecule has 2 heterocycles. The number of ketones is 2. The lowest BCUT2D eigenvalue weighted by Crippen LogP contribution is -2.54. The van der Waals surface area contributed by atoms with Crippen LogP contribution in [-0.2, 0) is 64.0 Å². The van der Waals surface area contributed by atoms with Crippen molar-refractivity contribution >= 4 is 83.2 Å². The van der Waals surface area contributed by atoms with Gasteiger partial charge in [0.1, 0.15) is 12.1 Å². The molecule has 0 spiro atoms. The van der Waals surface area contributed by atoms with Crippen molar-refractivity contribution in [3.05, 3.63) is 130 Å². The first-order chi connectivity index (χ1) is 38.7. The number of likely N-dealkylation sites (tertiary alicyclic amines) is 2. The number of carbonyl (C=O) groups is 8. The summed E-state index contributed by atoms with van der Waals surface area (Å²) >= 11 is 0. The van der Waals surface area contributed by atoms with E-state index in [1.54, 1.807) is 49.9 Å². The second kappa shape index (κ2) is 31.3. The van der Waals surface area contributed by atoms with Gasteiger partial charge in [-0.2, -0.15) is 0 Å². The van der Waals surface area contributed by atoms with Gasteiger partial charge in [-0.25, -0.2) is 0 Å². The Bertz CT molecular complexity index is 2690. The van der Waals surface area contributed by atoms with Crippen LogP contribution in [0.2, 0.25) is 0 Å². The van der Waals surface area contributed by atoms with Gasteiger partial charge in [-0.15, -0.1) is 24.8 Å². The highest BCUT2D eigenvalue weighted by atomic mass is 35.5. The first kappa shape index (κ1) is 64.7. The SMILES string of the molecule is CN[C@@H](C)C(=O)N[C@@H](CCC(=O)Nc1cccc(CCc2cccc(NC(=O)CC[C@H](NC(=O)[C@H](C)NC)C(=O)N3CCC[C@H]3C(=O)C[C@@H]3CCCc4ccccc43)c2)c1)C(=O)N1CCC[C@H]1C(=O)C[C@@H]1CCCc2ccccc21.Cl.Cl. The van der Waals surface area contributed by atoms with E-state index in [-0.39, 0.29) is 109 Å². The molecular formula is C64H84Cl2N8O8. The van der Waals surface area contributed by atoms with Crippen LogP contribution in [0.1, 0.15) is 149 Å². The molecule has 16 nitrogen and oxygen atoms in total. The average Bonchev–Trinajstić information content (AvgIpc) is 4.28. The fourth-order valence-corrected chi connectivity index (χ4v) is 12.3. The first-order valence-corrected chi connectivity index (χ1v) is 29.2. The number of likely N-dealkylation sites (N-methyl/N-ethyl adjacent to an activating group) is 2. The summed E-state index contributed by atoms with van der Waals surface area (Å²) in [6.45, 7) is 4.22. The highest BCUT2D eigenvalue weighted by molar-refractivity contribution is 5.97. The third kappa shape index (κ3) is 17.1. The summed E-state index contributed by atoms with van der Waals surface area (Å²) < 4.78 is 0. The Hall–Kier alpha value is -6.46. The predicted octanol–water partition coefficient (Wildman–Crippen LogP) is 8.08. The maximum atomic E-state index is 14.3. The number of rotatable bonds is 25. The minimum absolute atomic E-state index is 0. The van der Waals surface area contributed by atoms with Crippen molar-refractivity contribution in [2.45, 2.75) is 178 Å². The number of nitrogens with one attached hydrogen (secondary N) is 6. The quantitative estimate of drug-likeness (QED) is 0.0375. The van der Waals surface area contributed by atoms with Crippen LogP contribution < -0.4 is 31.9 Å². The second-order valence-electron chi connectivity index (χ2n) is 22.5. The lowest BCUT2D eigenvalue weighted by Gasteiger charge is -2.31. The van der Waals surface area contributed by atoms with E-state index in [9.17, 15) is 38.4 Å². The number of halogens is 2. The molecule has 8 atom stereocenters. The first-order valence-electron chi connectivity index (χ1n) is 29.2. The molecule has 4 aliphatic rings. The van der Waals surface area contributed by atoms with Crippen LogP contribution in [0.25, 0.3) is 0 Å². The van der Waals surface area contributed by atoms with Crippen molar-refractivity contribution < 1.29 is 38.4 Å². The van der Waals surface area contributed by atoms with Crippen LogP contribution in [0.5, 0.6) is 0 Å². The zero-order valence-corrected chi connectivity index (χ0v) is 49.6. The fraction of sp³-hybridized carbons (Fsp3) is 0.500. The molecule has 0 bridgehead atoms. The van der Waals surface area contributed by atoms with E-state index < -0.39 is 36.3 Å². The summed E-state index contributed by atoms with van der Waals surface area (Å²) in [4.78, 5) is 113. The summed E-state index contributed by atoms with van der Waals surface area (Å²) in [6.07, 6.45) is 10.4. The molecule has 4 aromatic carbocycles. The highest BCUT2D eigenvalue weighted by Gasteiger charge is 2.41. The predicted molar refractivity (Wildman–Crippen MR) is 324 cm³/mol. The number of benzene rings is 4. The van der Waals surface area contributed by atoms with Gasteiger partial charge in [-0.1, -0.05) is 72.8 Å². The number of hydrogen-bond donors (Lipinski definition) is 6. The van der Waals surface area contributed by atoms with Crippen molar-refractivity contribution in [1.82, 2.24) is 31.1 Å². The molecule has 0 unspecified atom stereocenters. The Morgan fingerprint density at radius 3 is 1.32 bits per heavy atom. The lowest BCUT2D eigenvalue weighted by molar-refractivity contribution is -0.141. The maximum Gasteiger partial charge on any atom is 0.245 e. The van der Waals surface area contributed by atoms with Gasteiger partial charge in [0, 0.05) is 50.1 Å². The Morgan fingerprint density at radius 1 is 0.512 bits per heavy atom. The number of hydrogen-bond acceptors (Lipinski definition) is 10. The number of carbonyl (C=O) groups excluding carboxylic acids is 8. The van der Waals surface area contributed by atoms with Gasteiger partial charge >= 0.3 is 0 Å². The van der Waals surface area contributed by atoms with E-state index in [4.69, 9.17) is 0 Å². The van der Waals surface area contributed by atoms with Crippen molar-refractivity contribution in [3.63, 3.8) is 0 Å². The summed E-state index contributed by atoms with van der Waals surface area (Å²) in [5.41, 5.74) is 8.11. The third-order valence-electron chi connectivity index (χ3n) is 17.0. The maximum absolute atomic E-state index is 14.3. The Kier molecular flexibility index (Phi) is 24.7. The van der Waals surface area contributed by atoms with E-state index in [0.29, 0.717) is 75.8 Å². The second-order valence-corrected chi connectivity index (χ2v) is 22.5. The van der Waals surface area contributed by atoms with Crippen LogP contribution >= 0.6 is 24.8 Å². The number of Topliss-reactive ketones (excluding diaryl/α,β-unsaturated/α-hetero) is 2. The molecule has 0 aromatic heterocycles. The number of aryl methyl sites for hydroxylation is 4. The van der Waals surface area contributed by atoms with Crippen molar-refractivity contribution in [2.24, 2.45) is 0 Å². The van der Waals surface area contributed by atoms with E-state index >= 15 is 0 Å². The molecule has 18 heteroatoms. The standard InChI is InChI=1S/C64H82N8O8.2ClH/c1-41(65-3)61(77)69-53(63(79)71-35-13-27-55(71)57(73)39-47-21-11-19-45-17-5-7-25-51(45)47)31-33-59(75)67-49-23-9-15-43(37-49)29-30-44-16-10-24-50(38-44)68-60(76)34-32-54(70-62(78)42(2)66-4)64(80)72-36-14-28-56(72)58(74)40-48-22-12-20-46-18-6-8-26-52(46)48;;/h5-10,15-18,23-26,37-38,41-42,47-48,53-56,65-66H,11-14,19-22,27-36,39-40H2,1-4H3,(H,67,75)(H,68,76)(H,69,77)(H,70,78);2*1H/t41-,42-,47-,48-,53-,54-,55-,56-;;/m0../s1. The van der Waals surface area contributed by atoms with Crippen LogP contribution in [0, 0.1) is 0 Å². The van der Waals surface area contributed by atoms with Crippen LogP contribution in [0.3, 0.4) is 0 Å². The largest absolute Gasteiger partial charge is 0.343 e. The number of fused-ring (bicyclic) bond motifs is 2. The Labute approximate surface area is 496 Å². The van der Waals surface area contributed by atoms with Gasteiger partial charge in [-0.3, -0.25) is 38.4 Å². The van der Waals surface area contributed by atoms with Crippen LogP contribution in [0.4, 0.5) is 11.4 Å². The van der Waals surface area contributed by atoms with E-state index in [1.807, 2.05) is 60.7 Å². The molecule has 0 radical (unpaired) electrons. The Balaban J connectivity index is 0.00000541. The van der Waals surface area contributed by atoms with Crippen molar-refractivity contribution in [1.29, 1.82) is 0 Å². The molecule has 2 aliphatic carbocycles. The summed E-state index contributed by atoms with van der Waals surface area (Å²) in [5.74, 6) is -1.77. The molecule has 8 rings (SSSR count). The summed E-state index contributed by atoms with van der Waals surface area (Å²) in [7, 11) is 3.32. The van der Waals surface area contributed by atoms with Crippen LogP contribution in [-0.4, -0.2) is 120 Å². The third-order valence-corrected chi connectivity index (χ3v) is 17.0. The van der Waals surface area contributed by atoms with Gasteiger partial charge in [-0.05, 0) is 187 Å². The number of amides is 6. The molecule has 2 aliphatic heterocycles. The molecule has 2 fully saturated rings. The summed E-state index contributed by atoms with van der Waals surface area (Å²) in [6, 6.07) is 27.4. The molecule has 82 heavy (non-hydrogen) atoms. The van der Waals surface area contributed by atoms with Crippen LogP contribution in [0.15, 0.2) is 97.1 Å². The molecule has 6 N–H and O–H groups in total. The zero-order valence-electron chi connectivity index (χ0n) is 48.0. The molecule has 442 valence electrons. The van der Waals surface area contributed by atoms with E-state index in [1.165, 1.54) is 22.3 Å². The average molecular weight is 1160 g/mol. The van der Waals surface area contributed by atoms with Gasteiger partial charge in [0.2, 0.25) is 35.4 Å². The van der Waals surface area contributed by atoms with E-state index in [0.717, 1.165) is 49.7 Å². The van der Waals surface area contributed by atoms with Gasteiger partial charge < -0.3 is 41.7 Å². The van der Waals surface area contributed by atoms with Crippen molar-refractivity contribution in [3.8, 4) is 0 Å². The van der Waals surface area contributed by atoms with Gasteiger partial charge in [0.05, 0.1) is 24.2 Å². The minimum Gasteiger partial charge on any atom is -0.343 e. The molecule has 4 aromatic rings. The molecular weight excluding hydrogens is 1080 g/mol. The molecule has 2 saturated heterocycles. The lowest BCUT2D eigenvalue weighted by atomic mass is 9.79. The number of anilines is 2. The monoisotopic (exact) mass is 1160 g/mol. The van der Waals surface area contributed by atoms with Crippen molar-refractivity contribution in [2.75, 3.05) is 37.8 Å². The zero-order chi connectivity index (χ0) is 56.7. The highest BCUT2D eigenvalue weighted by Crippen LogP contribution is 2.37. The normalized spacial score (nSPS) is 19.6. The number of nitrogens with zero attached hydrogens (tertiary/aromatic N) is 2. The summed E-state index contributed by atoms with van der Waals surface area (Å²) in [5, 5.41) is 17.5. The van der Waals surface area contributed by atoms with E-state index in [2.05, 4.69) is 56.2 Å². The molecule has 0 saturated carbocycles. The topological polar surface area (TPSA) is 215 Å².